The van der Waals surface area contributed by atoms with Crippen molar-refractivity contribution in [1.82, 2.24) is 49.2 Å². The van der Waals surface area contributed by atoms with E-state index >= 15 is 0 Å². The van der Waals surface area contributed by atoms with Crippen LogP contribution in [0.1, 0.15) is 327 Å². The number of aliphatic hydroxyl groups excluding tert-OH is 1. The number of hydrogen-bond donors (Lipinski definition) is 2. The lowest BCUT2D eigenvalue weighted by Gasteiger charge is -2.36. The van der Waals surface area contributed by atoms with E-state index in [0.29, 0.717) is 79.5 Å². The molecular formula is C125H183F9N11O4P. The molecule has 0 bridgehead atoms. The number of aryl methyl sites for hydroxylation is 1. The molecule has 1 saturated carbocycles. The largest absolute Gasteiger partial charge is 0.489 e. The van der Waals surface area contributed by atoms with E-state index in [1.165, 1.54) is 138 Å². The van der Waals surface area contributed by atoms with Crippen molar-refractivity contribution in [3.63, 3.8) is 0 Å². The van der Waals surface area contributed by atoms with Crippen molar-refractivity contribution in [3.05, 3.63) is 288 Å². The Morgan fingerprint density at radius 3 is 1.35 bits per heavy atom. The molecule has 5 aliphatic heterocycles. The number of anilines is 1. The highest BCUT2D eigenvalue weighted by molar-refractivity contribution is 7.62. The standard InChI is InChI=1S/C21H28O.C19H30N2.C18H27F3N2.C18H31N2OP.C18H28N2O.C16H22F3NO.C15H17F3N2/c1-15(2)19-12-16(3)10-11-20(19)22-14-17-8-7-9-18(13-17)21(4,5)6;1-19(2,3)18-12-15(11-17(13-18)16-5-6-16)14-21-9-7-20(4)8-10-21;1-17(2,3)14-8-13(9-15(10-14)18(19,20)21)11-23-7-6-16(12-23)22(4)5;1-18(2,3)16-6-8-17(9-7-16)20-12-10-19(11-13-20)14-15-22(4,5)21;1-5-20-12-6-7-16(20)13-19-17(21)14-8-10-15(11-9-14)18(2,3)4;1-15(2,3)12-6-11(7-13(8-12)16(17,18)19)9-20-5-4-14(21)10-20;1-14(2,3)12-6-11(9-20-5-4-19-10-20)7-13(8-12)15(16,17)18/h7-13,15H,14H2,1-6H3;11-13,16H,5-10,14H2,1-4H3;8-10,16H,6-7,11-12H2,1-5H3;6-9H,10-15H2,1-5H3;8-11,16H,5-7,12-13H2,1-4H3,(H,19,21);6-8,14,21H,4-5,9-10H2,1-3H3;4-8,10H,9H2,1-3H3/t;;16-;;;14-;/m..1..1./s1. The Morgan fingerprint density at radius 2 is 0.920 bits per heavy atom. The fraction of sp³-hybridized carbons (Fsp3) is 0.584. The molecule has 1 aliphatic carbocycles. The number of piperazine rings is 2. The van der Waals surface area contributed by atoms with Crippen LogP contribution >= 0.6 is 7.14 Å². The lowest BCUT2D eigenvalue weighted by molar-refractivity contribution is -0.138. The Morgan fingerprint density at radius 1 is 0.473 bits per heavy atom. The maximum Gasteiger partial charge on any atom is 0.416 e. The highest BCUT2D eigenvalue weighted by Crippen LogP contribution is 2.44. The number of β-amino-alcohol motifs (C(OH)–C–C–N with tert-alkyl or cyclic N) is 1. The van der Waals surface area contributed by atoms with E-state index in [9.17, 15) is 54.0 Å². The van der Waals surface area contributed by atoms with Gasteiger partial charge in [-0.25, -0.2) is 4.98 Å². The molecule has 6 fully saturated rings. The number of carbonyl (C=O) groups excluding carboxylic acids is 1. The maximum absolute atomic E-state index is 13.2. The molecule has 1 unspecified atom stereocenters. The molecule has 5 saturated heterocycles. The van der Waals surface area contributed by atoms with Crippen molar-refractivity contribution in [1.29, 1.82) is 0 Å². The summed E-state index contributed by atoms with van der Waals surface area (Å²) in [6.07, 6.45) is -0.575. The number of hydrogen-bond acceptors (Lipinski definition) is 13. The molecule has 150 heavy (non-hydrogen) atoms. The fourth-order valence-corrected chi connectivity index (χ4v) is 19.8. The third-order valence-electron chi connectivity index (χ3n) is 29.3. The van der Waals surface area contributed by atoms with Gasteiger partial charge in [-0.15, -0.1) is 0 Å². The summed E-state index contributed by atoms with van der Waals surface area (Å²) in [6, 6.07) is 53.6. The summed E-state index contributed by atoms with van der Waals surface area (Å²) in [5.41, 5.74) is 16.7. The molecule has 0 radical (unpaired) electrons. The van der Waals surface area contributed by atoms with Crippen LogP contribution in [0.3, 0.4) is 0 Å². The highest BCUT2D eigenvalue weighted by atomic mass is 31.2. The zero-order chi connectivity index (χ0) is 111. The van der Waals surface area contributed by atoms with Crippen molar-refractivity contribution in [2.75, 3.05) is 150 Å². The van der Waals surface area contributed by atoms with Gasteiger partial charge >= 0.3 is 18.5 Å². The van der Waals surface area contributed by atoms with Crippen molar-refractivity contribution in [2.45, 2.75) is 331 Å². The Bertz CT molecular complexity index is 5630. The van der Waals surface area contributed by atoms with E-state index in [4.69, 9.17) is 4.74 Å². The van der Waals surface area contributed by atoms with Crippen molar-refractivity contribution in [2.24, 2.45) is 0 Å². The first-order valence-electron chi connectivity index (χ1n) is 54.5. The third-order valence-corrected chi connectivity index (χ3v) is 30.5. The molecule has 15 nitrogen and oxygen atoms in total. The fourth-order valence-electron chi connectivity index (χ4n) is 19.0. The summed E-state index contributed by atoms with van der Waals surface area (Å²) in [5, 5.41) is 12.6. The summed E-state index contributed by atoms with van der Waals surface area (Å²) in [7, 11) is 4.45. The summed E-state index contributed by atoms with van der Waals surface area (Å²) >= 11 is 0. The van der Waals surface area contributed by atoms with Gasteiger partial charge in [0.1, 0.15) is 12.4 Å². The first-order valence-corrected chi connectivity index (χ1v) is 57.2. The molecule has 8 aromatic carbocycles. The van der Waals surface area contributed by atoms with Crippen LogP contribution in [0.15, 0.2) is 183 Å². The van der Waals surface area contributed by atoms with Crippen LogP contribution < -0.4 is 15.0 Å². The van der Waals surface area contributed by atoms with Crippen LogP contribution in [0.25, 0.3) is 0 Å². The molecule has 9 aromatic rings. The zero-order valence-corrected chi connectivity index (χ0v) is 97.4. The SMILES string of the molecule is CC(C)(C)c1cc(CN2CC[C@@H](O)C2)cc(C(F)(F)F)c1.CC(C)(C)c1cc(Cn2ccnc2)cc(C(F)(F)F)c1.CC(C)(C)c1ccc(N2CCN(CCP(C)(C)=O)CC2)cc1.CCN1CCCC1CNC(=O)c1ccc(C(C)(C)C)cc1.CN(C)[C@@H]1CCN(Cc2cc(C(C)(C)C)cc(C(F)(F)F)c2)C1.CN1CCN(Cc2cc(C3CC3)cc(C(C)(C)C)c2)CC1.Cc1ccc(OCc2cccc(C(C)(C)C)c2)c(C(C)C)c1. The van der Waals surface area contributed by atoms with E-state index in [2.05, 4.69) is 274 Å². The minimum absolute atomic E-state index is 0.0402. The molecular weight excluding hydrogens is 1920 g/mol. The van der Waals surface area contributed by atoms with Gasteiger partial charge in [0.2, 0.25) is 0 Å². The van der Waals surface area contributed by atoms with Crippen LogP contribution in [-0.2, 0) is 93.8 Å². The summed E-state index contributed by atoms with van der Waals surface area (Å²) in [6.45, 7) is 76.1. The number of carbonyl (C=O) groups is 1. The van der Waals surface area contributed by atoms with E-state index < -0.39 is 42.4 Å². The Hall–Kier alpha value is -8.68. The number of rotatable bonds is 22. The van der Waals surface area contributed by atoms with Crippen LogP contribution in [0.2, 0.25) is 0 Å². The van der Waals surface area contributed by atoms with Gasteiger partial charge in [-0.2, -0.15) is 39.5 Å². The number of nitrogens with one attached hydrogen (secondary N) is 1. The highest BCUT2D eigenvalue weighted by Gasteiger charge is 2.38. The van der Waals surface area contributed by atoms with Gasteiger partial charge in [0.15, 0.2) is 0 Å². The van der Waals surface area contributed by atoms with E-state index in [1.807, 2.05) is 111 Å². The predicted molar refractivity (Wildman–Crippen MR) is 606 cm³/mol. The van der Waals surface area contributed by atoms with E-state index in [1.54, 1.807) is 28.9 Å². The quantitative estimate of drug-likeness (QED) is 0.0495. The van der Waals surface area contributed by atoms with Gasteiger partial charge in [0.25, 0.3) is 5.91 Å². The van der Waals surface area contributed by atoms with Crippen LogP contribution in [0, 0.1) is 6.92 Å². The predicted octanol–water partition coefficient (Wildman–Crippen LogP) is 28.5. The summed E-state index contributed by atoms with van der Waals surface area (Å²) < 4.78 is 137. The van der Waals surface area contributed by atoms with Crippen LogP contribution in [-0.4, -0.2) is 218 Å². The second-order valence-electron chi connectivity index (χ2n) is 50.9. The Kier molecular flexibility index (Phi) is 44.2. The molecule has 2 N–H and O–H groups in total. The van der Waals surface area contributed by atoms with Gasteiger partial charge in [0, 0.05) is 160 Å². The minimum atomic E-state index is -4.33. The first-order chi connectivity index (χ1) is 69.4. The number of aliphatic hydroxyl groups is 1. The second kappa shape index (κ2) is 53.2. The zero-order valence-electron chi connectivity index (χ0n) is 96.5. The van der Waals surface area contributed by atoms with Crippen LogP contribution in [0.4, 0.5) is 45.2 Å². The Labute approximate surface area is 896 Å². The van der Waals surface area contributed by atoms with Crippen molar-refractivity contribution >= 4 is 18.7 Å². The number of aromatic nitrogens is 2. The summed E-state index contributed by atoms with van der Waals surface area (Å²) in [5.74, 6) is 2.36. The molecule has 6 aliphatic rings. The van der Waals surface area contributed by atoms with Gasteiger partial charge in [0.05, 0.1) is 36.3 Å². The monoisotopic (exact) mass is 2100 g/mol. The van der Waals surface area contributed by atoms with E-state index in [-0.39, 0.29) is 49.9 Å². The van der Waals surface area contributed by atoms with Gasteiger partial charge < -0.3 is 39.0 Å². The molecule has 6 heterocycles. The minimum Gasteiger partial charge on any atom is -0.489 e. The number of nitrogens with zero attached hydrogens (tertiary/aromatic N) is 10. The summed E-state index contributed by atoms with van der Waals surface area (Å²) in [4.78, 5) is 34.9. The maximum atomic E-state index is 13.2. The average molecular weight is 2110 g/mol. The molecule has 3 atom stereocenters. The normalized spacial score (nSPS) is 17.9. The molecule has 830 valence electrons. The number of benzene rings is 8. The van der Waals surface area contributed by atoms with Gasteiger partial charge in [-0.05, 0) is 287 Å². The third kappa shape index (κ3) is 41.2. The van der Waals surface area contributed by atoms with Gasteiger partial charge in [-0.1, -0.05) is 269 Å². The number of halogens is 9. The second-order valence-corrected chi connectivity index (χ2v) is 54.5. The molecule has 0 spiro atoms. The number of imidazole rings is 1. The molecule has 1 amide bonds. The number of likely N-dealkylation sites (N-methyl/N-ethyl adjacent to an activating group) is 3. The number of amides is 1. The van der Waals surface area contributed by atoms with Gasteiger partial charge in [-0.3, -0.25) is 29.3 Å². The lowest BCUT2D eigenvalue weighted by atomic mass is 9.84. The van der Waals surface area contributed by atoms with E-state index in [0.717, 1.165) is 119 Å². The molecule has 15 rings (SSSR count). The topological polar surface area (TPSA) is 119 Å². The first kappa shape index (κ1) is 125. The number of ether oxygens (including phenoxy) is 1. The lowest BCUT2D eigenvalue weighted by Crippen LogP contribution is -2.47. The smallest absolute Gasteiger partial charge is 0.416 e. The molecule has 25 heteroatoms. The average Bonchev–Trinajstić information content (AvgIpc) is 1.29. The van der Waals surface area contributed by atoms with Crippen LogP contribution in [0.5, 0.6) is 5.75 Å². The van der Waals surface area contributed by atoms with Crippen molar-refractivity contribution in [3.8, 4) is 5.75 Å². The van der Waals surface area contributed by atoms with Crippen molar-refractivity contribution < 1.29 is 58.7 Å². The number of likely N-dealkylation sites (tertiary alicyclic amines) is 3. The Balaban J connectivity index is 0.000000194. The molecule has 1 aromatic heterocycles. The number of alkyl halides is 9.